The third-order valence-electron chi connectivity index (χ3n) is 2.37. The summed E-state index contributed by atoms with van der Waals surface area (Å²) in [6, 6.07) is 3.96. The number of ether oxygens (including phenoxy) is 1. The summed E-state index contributed by atoms with van der Waals surface area (Å²) in [5, 5.41) is 0. The zero-order valence-electron chi connectivity index (χ0n) is 11.0. The average Bonchev–Trinajstić information content (AvgIpc) is 2.41. The highest BCUT2D eigenvalue weighted by atomic mass is 19.1. The zero-order chi connectivity index (χ0) is 14.3. The van der Waals surface area contributed by atoms with Gasteiger partial charge in [0.1, 0.15) is 5.82 Å². The molecule has 0 aliphatic rings. The fourth-order valence-electron chi connectivity index (χ4n) is 1.54. The van der Waals surface area contributed by atoms with Crippen LogP contribution in [0.4, 0.5) is 4.39 Å². The predicted octanol–water partition coefficient (Wildman–Crippen LogP) is 2.28. The molecule has 0 aliphatic carbocycles. The van der Waals surface area contributed by atoms with Crippen molar-refractivity contribution in [3.63, 3.8) is 0 Å². The minimum atomic E-state index is -0.590. The van der Waals surface area contributed by atoms with Crippen molar-refractivity contribution < 1.29 is 13.9 Å². The van der Waals surface area contributed by atoms with Crippen LogP contribution >= 0.6 is 0 Å². The van der Waals surface area contributed by atoms with E-state index in [4.69, 9.17) is 5.73 Å². The van der Waals surface area contributed by atoms with Crippen molar-refractivity contribution in [2.45, 2.75) is 13.3 Å². The number of rotatable bonds is 5. The van der Waals surface area contributed by atoms with Gasteiger partial charge in [-0.15, -0.1) is 0 Å². The van der Waals surface area contributed by atoms with Gasteiger partial charge in [-0.3, -0.25) is 4.99 Å². The lowest BCUT2D eigenvalue weighted by Crippen LogP contribution is -2.06. The van der Waals surface area contributed by atoms with Gasteiger partial charge in [0.05, 0.1) is 18.4 Å². The monoisotopic (exact) mass is 264 g/mol. The Hall–Kier alpha value is -2.17. The average molecular weight is 264 g/mol. The normalized spacial score (nSPS) is 11.8. The second-order valence-electron chi connectivity index (χ2n) is 3.85. The first-order valence-corrected chi connectivity index (χ1v) is 5.94. The minimum Gasteiger partial charge on any atom is -0.465 e. The van der Waals surface area contributed by atoms with Crippen LogP contribution in [0.25, 0.3) is 0 Å². The summed E-state index contributed by atoms with van der Waals surface area (Å²) >= 11 is 0. The van der Waals surface area contributed by atoms with Crippen molar-refractivity contribution >= 4 is 11.7 Å². The molecule has 5 heteroatoms. The van der Waals surface area contributed by atoms with E-state index in [9.17, 15) is 9.18 Å². The molecule has 0 aromatic heterocycles. The lowest BCUT2D eigenvalue weighted by atomic mass is 10.1. The fourth-order valence-corrected chi connectivity index (χ4v) is 1.54. The van der Waals surface area contributed by atoms with Gasteiger partial charge in [0.15, 0.2) is 0 Å². The third kappa shape index (κ3) is 4.21. The number of nitrogens with zero attached hydrogens (tertiary/aromatic N) is 1. The first-order valence-electron chi connectivity index (χ1n) is 5.94. The van der Waals surface area contributed by atoms with Crippen molar-refractivity contribution in [1.29, 1.82) is 0 Å². The van der Waals surface area contributed by atoms with Crippen LogP contribution in [0.1, 0.15) is 29.3 Å². The summed E-state index contributed by atoms with van der Waals surface area (Å²) in [7, 11) is 1.25. The van der Waals surface area contributed by atoms with Crippen LogP contribution in [-0.2, 0) is 4.74 Å². The lowest BCUT2D eigenvalue weighted by molar-refractivity contribution is 0.0600. The van der Waals surface area contributed by atoms with Crippen LogP contribution in [0, 0.1) is 5.82 Å². The number of benzene rings is 1. The van der Waals surface area contributed by atoms with E-state index in [0.717, 1.165) is 12.5 Å². The van der Waals surface area contributed by atoms with E-state index < -0.39 is 11.8 Å². The van der Waals surface area contributed by atoms with Crippen LogP contribution in [0.3, 0.4) is 0 Å². The van der Waals surface area contributed by atoms with Gasteiger partial charge in [-0.1, -0.05) is 6.92 Å². The van der Waals surface area contributed by atoms with Gasteiger partial charge in [-0.05, 0) is 36.9 Å². The van der Waals surface area contributed by atoms with Crippen molar-refractivity contribution in [2.75, 3.05) is 13.7 Å². The predicted molar refractivity (Wildman–Crippen MR) is 72.8 cm³/mol. The highest BCUT2D eigenvalue weighted by Gasteiger charge is 2.11. The Labute approximate surface area is 111 Å². The number of carbonyl (C=O) groups excluding carboxylic acids is 1. The van der Waals surface area contributed by atoms with Gasteiger partial charge in [0.2, 0.25) is 0 Å². The Kier molecular flexibility index (Phi) is 5.73. The Balaban J connectivity index is 3.23. The van der Waals surface area contributed by atoms with Crippen molar-refractivity contribution in [2.24, 2.45) is 10.7 Å². The van der Waals surface area contributed by atoms with Crippen LogP contribution < -0.4 is 5.73 Å². The van der Waals surface area contributed by atoms with Gasteiger partial charge in [-0.2, -0.15) is 0 Å². The largest absolute Gasteiger partial charge is 0.465 e. The molecule has 19 heavy (non-hydrogen) atoms. The number of hydrogen-bond donors (Lipinski definition) is 1. The summed E-state index contributed by atoms with van der Waals surface area (Å²) in [5.74, 6) is -1.11. The standard InChI is InChI=1S/C14H17FN2O2/c1-3-6-17-13(4-5-16)10-7-11(14(18)19-2)9-12(15)8-10/h4-5,7-9H,3,6,16H2,1-2H3/b5-4-,17-13?. The minimum absolute atomic E-state index is 0.145. The van der Waals surface area contributed by atoms with Crippen molar-refractivity contribution in [3.05, 3.63) is 47.4 Å². The topological polar surface area (TPSA) is 64.7 Å². The maximum Gasteiger partial charge on any atom is 0.337 e. The van der Waals surface area contributed by atoms with Crippen molar-refractivity contribution in [3.8, 4) is 0 Å². The maximum atomic E-state index is 13.5. The number of carbonyl (C=O) groups is 1. The molecule has 0 bridgehead atoms. The van der Waals surface area contributed by atoms with E-state index in [1.807, 2.05) is 6.92 Å². The molecule has 2 N–H and O–H groups in total. The number of aliphatic imine (C=N–C) groups is 1. The number of halogens is 1. The molecule has 0 amide bonds. The maximum absolute atomic E-state index is 13.5. The molecule has 1 aromatic carbocycles. The highest BCUT2D eigenvalue weighted by molar-refractivity contribution is 6.09. The van der Waals surface area contributed by atoms with Gasteiger partial charge >= 0.3 is 5.97 Å². The summed E-state index contributed by atoms with van der Waals surface area (Å²) < 4.78 is 18.1. The quantitative estimate of drug-likeness (QED) is 0.655. The third-order valence-corrected chi connectivity index (χ3v) is 2.37. The lowest BCUT2D eigenvalue weighted by Gasteiger charge is -2.05. The van der Waals surface area contributed by atoms with Gasteiger partial charge < -0.3 is 10.5 Å². The molecule has 0 atom stereocenters. The summed E-state index contributed by atoms with van der Waals surface area (Å²) in [4.78, 5) is 15.7. The van der Waals surface area contributed by atoms with E-state index in [2.05, 4.69) is 9.73 Å². The molecule has 0 heterocycles. The van der Waals surface area contributed by atoms with Crippen LogP contribution in [0.2, 0.25) is 0 Å². The number of hydrogen-bond acceptors (Lipinski definition) is 4. The molecule has 0 unspecified atom stereocenters. The van der Waals surface area contributed by atoms with Gasteiger partial charge in [0.25, 0.3) is 0 Å². The number of methoxy groups -OCH3 is 1. The van der Waals surface area contributed by atoms with Crippen LogP contribution in [0.5, 0.6) is 0 Å². The first kappa shape index (κ1) is 14.9. The van der Waals surface area contributed by atoms with Gasteiger partial charge in [-0.25, -0.2) is 9.18 Å². The van der Waals surface area contributed by atoms with Crippen LogP contribution in [-0.4, -0.2) is 25.3 Å². The van der Waals surface area contributed by atoms with Crippen molar-refractivity contribution in [1.82, 2.24) is 0 Å². The number of esters is 1. The molecule has 0 saturated heterocycles. The molecule has 0 radical (unpaired) electrons. The molecular weight excluding hydrogens is 247 g/mol. The second-order valence-corrected chi connectivity index (χ2v) is 3.85. The zero-order valence-corrected chi connectivity index (χ0v) is 11.0. The number of nitrogens with two attached hydrogens (primary N) is 1. The molecule has 1 rings (SSSR count). The summed E-state index contributed by atoms with van der Waals surface area (Å²) in [6.45, 7) is 2.59. The van der Waals surface area contributed by atoms with E-state index in [1.165, 1.54) is 25.4 Å². The molecule has 0 spiro atoms. The second kappa shape index (κ2) is 7.31. The fraction of sp³-hybridized carbons (Fsp3) is 0.286. The molecule has 0 saturated carbocycles. The van der Waals surface area contributed by atoms with E-state index >= 15 is 0 Å². The first-order chi connectivity index (χ1) is 9.12. The Bertz CT molecular complexity index is 510. The smallest absolute Gasteiger partial charge is 0.337 e. The van der Waals surface area contributed by atoms with E-state index in [-0.39, 0.29) is 5.56 Å². The van der Waals surface area contributed by atoms with Gasteiger partial charge in [0, 0.05) is 12.1 Å². The summed E-state index contributed by atoms with van der Waals surface area (Å²) in [5.41, 5.74) is 6.53. The summed E-state index contributed by atoms with van der Waals surface area (Å²) in [6.07, 6.45) is 3.77. The molecule has 0 aliphatic heterocycles. The molecule has 102 valence electrons. The Morgan fingerprint density at radius 3 is 2.68 bits per heavy atom. The molecule has 0 fully saturated rings. The SMILES string of the molecule is CCCN=C(/C=C\N)c1cc(F)cc(C(=O)OC)c1. The number of allylic oxidation sites excluding steroid dienone is 1. The molecular formula is C14H17FN2O2. The van der Waals surface area contributed by atoms with Crippen LogP contribution in [0.15, 0.2) is 35.5 Å². The molecule has 4 nitrogen and oxygen atoms in total. The van der Waals surface area contributed by atoms with E-state index in [0.29, 0.717) is 17.8 Å². The Morgan fingerprint density at radius 1 is 1.42 bits per heavy atom. The Morgan fingerprint density at radius 2 is 2.11 bits per heavy atom. The van der Waals surface area contributed by atoms with E-state index in [1.54, 1.807) is 6.08 Å². The molecule has 1 aromatic rings. The highest BCUT2D eigenvalue weighted by Crippen LogP contribution is 2.12.